The van der Waals surface area contributed by atoms with Crippen LogP contribution in [-0.2, 0) is 4.74 Å². The number of esters is 1. The standard InChI is InChI=1S/C12H11NO2/c1-3-8-7-10-9(12(14)15-2)5-4-6-11(10)13-8/h3-7,13H,1H2,2H3. The maximum Gasteiger partial charge on any atom is 0.338 e. The van der Waals surface area contributed by atoms with Crippen molar-refractivity contribution >= 4 is 22.9 Å². The summed E-state index contributed by atoms with van der Waals surface area (Å²) < 4.78 is 4.71. The van der Waals surface area contributed by atoms with Crippen molar-refractivity contribution in [3.05, 3.63) is 42.1 Å². The van der Waals surface area contributed by atoms with E-state index in [2.05, 4.69) is 11.6 Å². The van der Waals surface area contributed by atoms with Crippen LogP contribution < -0.4 is 0 Å². The van der Waals surface area contributed by atoms with Gasteiger partial charge in [-0.1, -0.05) is 12.6 Å². The number of methoxy groups -OCH3 is 1. The lowest BCUT2D eigenvalue weighted by molar-refractivity contribution is 0.0603. The average Bonchev–Trinajstić information content (AvgIpc) is 2.70. The summed E-state index contributed by atoms with van der Waals surface area (Å²) in [7, 11) is 1.38. The number of carbonyl (C=O) groups excluding carboxylic acids is 1. The number of hydrogen-bond donors (Lipinski definition) is 1. The van der Waals surface area contributed by atoms with Crippen LogP contribution in [0.3, 0.4) is 0 Å². The zero-order valence-electron chi connectivity index (χ0n) is 8.41. The van der Waals surface area contributed by atoms with Gasteiger partial charge in [0.15, 0.2) is 0 Å². The molecule has 0 saturated carbocycles. The summed E-state index contributed by atoms with van der Waals surface area (Å²) in [6.07, 6.45) is 1.71. The van der Waals surface area contributed by atoms with Gasteiger partial charge in [-0.25, -0.2) is 4.79 Å². The van der Waals surface area contributed by atoms with Crippen LogP contribution >= 0.6 is 0 Å². The van der Waals surface area contributed by atoms with Crippen LogP contribution in [0.2, 0.25) is 0 Å². The first-order valence-corrected chi connectivity index (χ1v) is 4.58. The van der Waals surface area contributed by atoms with E-state index in [4.69, 9.17) is 4.74 Å². The van der Waals surface area contributed by atoms with Crippen LogP contribution in [0.4, 0.5) is 0 Å². The molecule has 0 spiro atoms. The second-order valence-corrected chi connectivity index (χ2v) is 3.19. The maximum atomic E-state index is 11.5. The van der Waals surface area contributed by atoms with Crippen LogP contribution in [0.1, 0.15) is 16.1 Å². The van der Waals surface area contributed by atoms with Gasteiger partial charge in [0, 0.05) is 16.6 Å². The Morgan fingerprint density at radius 2 is 2.33 bits per heavy atom. The highest BCUT2D eigenvalue weighted by Crippen LogP contribution is 2.21. The van der Waals surface area contributed by atoms with Crippen LogP contribution in [0.25, 0.3) is 17.0 Å². The first-order chi connectivity index (χ1) is 7.26. The van der Waals surface area contributed by atoms with Crippen molar-refractivity contribution in [3.63, 3.8) is 0 Å². The molecule has 1 heterocycles. The van der Waals surface area contributed by atoms with E-state index in [-0.39, 0.29) is 5.97 Å². The summed E-state index contributed by atoms with van der Waals surface area (Å²) in [5.41, 5.74) is 2.37. The molecule has 2 rings (SSSR count). The van der Waals surface area contributed by atoms with Gasteiger partial charge in [0.2, 0.25) is 0 Å². The Bertz CT molecular complexity index is 525. The third-order valence-corrected chi connectivity index (χ3v) is 2.31. The lowest BCUT2D eigenvalue weighted by atomic mass is 10.1. The molecule has 0 radical (unpaired) electrons. The predicted molar refractivity (Wildman–Crippen MR) is 59.7 cm³/mol. The summed E-state index contributed by atoms with van der Waals surface area (Å²) in [6.45, 7) is 3.67. The topological polar surface area (TPSA) is 42.1 Å². The van der Waals surface area contributed by atoms with E-state index in [0.29, 0.717) is 5.56 Å². The van der Waals surface area contributed by atoms with Crippen molar-refractivity contribution in [1.82, 2.24) is 4.98 Å². The quantitative estimate of drug-likeness (QED) is 0.759. The normalized spacial score (nSPS) is 10.2. The van der Waals surface area contributed by atoms with Crippen LogP contribution in [0, 0.1) is 0 Å². The largest absolute Gasteiger partial charge is 0.465 e. The van der Waals surface area contributed by atoms with E-state index in [1.165, 1.54) is 7.11 Å². The molecule has 2 aromatic rings. The van der Waals surface area contributed by atoms with Gasteiger partial charge in [0.05, 0.1) is 12.7 Å². The van der Waals surface area contributed by atoms with Crippen molar-refractivity contribution in [2.45, 2.75) is 0 Å². The average molecular weight is 201 g/mol. The number of nitrogens with one attached hydrogen (secondary N) is 1. The summed E-state index contributed by atoms with van der Waals surface area (Å²) in [6, 6.07) is 7.36. The minimum Gasteiger partial charge on any atom is -0.465 e. The minimum atomic E-state index is -0.324. The molecule has 0 aliphatic rings. The second-order valence-electron chi connectivity index (χ2n) is 3.19. The van der Waals surface area contributed by atoms with Gasteiger partial charge >= 0.3 is 5.97 Å². The van der Waals surface area contributed by atoms with Gasteiger partial charge in [0.25, 0.3) is 0 Å². The SMILES string of the molecule is C=Cc1cc2c(C(=O)OC)cccc2[nH]1. The zero-order chi connectivity index (χ0) is 10.8. The lowest BCUT2D eigenvalue weighted by Crippen LogP contribution is -2.00. The van der Waals surface area contributed by atoms with Crippen molar-refractivity contribution in [2.75, 3.05) is 7.11 Å². The number of rotatable bonds is 2. The van der Waals surface area contributed by atoms with E-state index < -0.39 is 0 Å². The summed E-state index contributed by atoms with van der Waals surface area (Å²) in [4.78, 5) is 14.6. The zero-order valence-corrected chi connectivity index (χ0v) is 8.41. The maximum absolute atomic E-state index is 11.5. The van der Waals surface area contributed by atoms with E-state index >= 15 is 0 Å². The molecule has 0 aliphatic carbocycles. The first-order valence-electron chi connectivity index (χ1n) is 4.58. The lowest BCUT2D eigenvalue weighted by Gasteiger charge is -1.99. The predicted octanol–water partition coefficient (Wildman–Crippen LogP) is 2.60. The third-order valence-electron chi connectivity index (χ3n) is 2.31. The smallest absolute Gasteiger partial charge is 0.338 e. The van der Waals surface area contributed by atoms with E-state index in [1.54, 1.807) is 12.1 Å². The number of ether oxygens (including phenoxy) is 1. The molecule has 0 fully saturated rings. The molecule has 0 amide bonds. The molecule has 1 aromatic heterocycles. The Morgan fingerprint density at radius 3 is 3.00 bits per heavy atom. The van der Waals surface area contributed by atoms with Gasteiger partial charge < -0.3 is 9.72 Å². The van der Waals surface area contributed by atoms with Crippen molar-refractivity contribution in [1.29, 1.82) is 0 Å². The summed E-state index contributed by atoms with van der Waals surface area (Å²) >= 11 is 0. The minimum absolute atomic E-state index is 0.324. The van der Waals surface area contributed by atoms with E-state index in [1.807, 2.05) is 18.2 Å². The molecule has 0 saturated heterocycles. The van der Waals surface area contributed by atoms with Crippen LogP contribution in [0.5, 0.6) is 0 Å². The first kappa shape index (κ1) is 9.52. The highest BCUT2D eigenvalue weighted by atomic mass is 16.5. The Hall–Kier alpha value is -2.03. The molecule has 0 atom stereocenters. The van der Waals surface area contributed by atoms with Gasteiger partial charge in [-0.05, 0) is 24.3 Å². The molecule has 0 bridgehead atoms. The number of fused-ring (bicyclic) bond motifs is 1. The molecular weight excluding hydrogens is 190 g/mol. The number of aromatic amines is 1. The Balaban J connectivity index is 2.69. The molecule has 3 heteroatoms. The fourth-order valence-electron chi connectivity index (χ4n) is 1.57. The molecule has 3 nitrogen and oxygen atoms in total. The van der Waals surface area contributed by atoms with E-state index in [9.17, 15) is 4.79 Å². The summed E-state index contributed by atoms with van der Waals surface area (Å²) in [5, 5.41) is 0.860. The fraction of sp³-hybridized carbons (Fsp3) is 0.0833. The third kappa shape index (κ3) is 1.52. The van der Waals surface area contributed by atoms with Crippen LogP contribution in [0.15, 0.2) is 30.8 Å². The van der Waals surface area contributed by atoms with Crippen molar-refractivity contribution < 1.29 is 9.53 Å². The van der Waals surface area contributed by atoms with Gasteiger partial charge in [-0.2, -0.15) is 0 Å². The molecule has 0 aliphatic heterocycles. The number of aromatic nitrogens is 1. The number of H-pyrrole nitrogens is 1. The number of hydrogen-bond acceptors (Lipinski definition) is 2. The molecular formula is C12H11NO2. The summed E-state index contributed by atoms with van der Waals surface area (Å²) in [5.74, 6) is -0.324. The second kappa shape index (κ2) is 3.61. The number of carbonyl (C=O) groups is 1. The van der Waals surface area contributed by atoms with Crippen LogP contribution in [-0.4, -0.2) is 18.1 Å². The van der Waals surface area contributed by atoms with Gasteiger partial charge in [0.1, 0.15) is 0 Å². The van der Waals surface area contributed by atoms with Crippen molar-refractivity contribution in [3.8, 4) is 0 Å². The van der Waals surface area contributed by atoms with Crippen molar-refractivity contribution in [2.24, 2.45) is 0 Å². The van der Waals surface area contributed by atoms with Gasteiger partial charge in [-0.15, -0.1) is 0 Å². The monoisotopic (exact) mass is 201 g/mol. The molecule has 15 heavy (non-hydrogen) atoms. The van der Waals surface area contributed by atoms with E-state index in [0.717, 1.165) is 16.6 Å². The number of benzene rings is 1. The Labute approximate surface area is 87.4 Å². The highest BCUT2D eigenvalue weighted by Gasteiger charge is 2.10. The van der Waals surface area contributed by atoms with Gasteiger partial charge in [-0.3, -0.25) is 0 Å². The Morgan fingerprint density at radius 1 is 1.53 bits per heavy atom. The fourth-order valence-corrected chi connectivity index (χ4v) is 1.57. The highest BCUT2D eigenvalue weighted by molar-refractivity contribution is 6.04. The molecule has 1 N–H and O–H groups in total. The molecule has 0 unspecified atom stereocenters. The molecule has 1 aromatic carbocycles. The Kier molecular flexibility index (Phi) is 2.29. The molecule has 76 valence electrons.